The molecule has 2 aromatic rings. The highest BCUT2D eigenvalue weighted by atomic mass is 19.1. The third-order valence-electron chi connectivity index (χ3n) is 6.18. The molecule has 8 nitrogen and oxygen atoms in total. The number of benzene rings is 1. The Kier molecular flexibility index (Phi) is 7.18. The molecule has 1 amide bonds. The third-order valence-corrected chi connectivity index (χ3v) is 6.18. The van der Waals surface area contributed by atoms with Crippen LogP contribution in [-0.4, -0.2) is 42.3 Å². The molecule has 0 radical (unpaired) electrons. The predicted molar refractivity (Wildman–Crippen MR) is 129 cm³/mol. The molecule has 1 aliphatic carbocycles. The van der Waals surface area contributed by atoms with E-state index in [4.69, 9.17) is 23.7 Å². The Balaban J connectivity index is 1.10. The largest absolute Gasteiger partial charge is 0.481 e. The van der Waals surface area contributed by atoms with Crippen LogP contribution in [0.4, 0.5) is 9.18 Å². The number of allylic oxidation sites excluding steroid dienone is 4. The Hall–Kier alpha value is -3.85. The van der Waals surface area contributed by atoms with Gasteiger partial charge in [0, 0.05) is 23.6 Å². The van der Waals surface area contributed by atoms with Crippen LogP contribution in [-0.2, 0) is 25.6 Å². The molecular weight excluding hydrogens is 467 g/mol. The number of aromatic nitrogens is 1. The van der Waals surface area contributed by atoms with E-state index in [1.54, 1.807) is 12.1 Å². The number of nitrogens with zero attached hydrogens (tertiary/aromatic N) is 2. The summed E-state index contributed by atoms with van der Waals surface area (Å²) in [4.78, 5) is 18.2. The van der Waals surface area contributed by atoms with Gasteiger partial charge >= 0.3 is 6.09 Å². The highest BCUT2D eigenvalue weighted by Crippen LogP contribution is 2.30. The number of methoxy groups -OCH3 is 1. The minimum Gasteiger partial charge on any atom is -0.481 e. The van der Waals surface area contributed by atoms with Gasteiger partial charge in [0.1, 0.15) is 18.2 Å². The van der Waals surface area contributed by atoms with Crippen molar-refractivity contribution in [3.05, 3.63) is 83.6 Å². The van der Waals surface area contributed by atoms with Gasteiger partial charge in [0.05, 0.1) is 25.8 Å². The van der Waals surface area contributed by atoms with Gasteiger partial charge in [-0.2, -0.15) is 0 Å². The molecule has 0 saturated carbocycles. The Bertz CT molecular complexity index is 1270. The van der Waals surface area contributed by atoms with E-state index >= 15 is 0 Å². The molecule has 1 atom stereocenters. The van der Waals surface area contributed by atoms with E-state index < -0.39 is 6.09 Å². The van der Waals surface area contributed by atoms with Gasteiger partial charge in [-0.1, -0.05) is 18.2 Å². The van der Waals surface area contributed by atoms with Crippen molar-refractivity contribution in [3.8, 4) is 5.88 Å². The van der Waals surface area contributed by atoms with E-state index in [-0.39, 0.29) is 18.5 Å². The highest BCUT2D eigenvalue weighted by Gasteiger charge is 2.36. The highest BCUT2D eigenvalue weighted by molar-refractivity contribution is 5.82. The molecule has 3 heterocycles. The molecule has 1 aromatic carbocycles. The molecule has 0 N–H and O–H groups in total. The first-order chi connectivity index (χ1) is 17.6. The van der Waals surface area contributed by atoms with Crippen LogP contribution in [0.5, 0.6) is 5.88 Å². The summed E-state index contributed by atoms with van der Waals surface area (Å²) in [7, 11) is 1.52. The molecule has 1 aromatic heterocycles. The SMILES string of the molecule is COc1ccc2ccc(F)c(COCCC[C@H]3CN(C4=COC=C(C5=CC=CCC5)O4)C(=O)O3)c2n1. The molecule has 9 heteroatoms. The van der Waals surface area contributed by atoms with Crippen molar-refractivity contribution in [3.63, 3.8) is 0 Å². The maximum absolute atomic E-state index is 14.5. The van der Waals surface area contributed by atoms with Crippen LogP contribution >= 0.6 is 0 Å². The number of hydrogen-bond acceptors (Lipinski definition) is 7. The van der Waals surface area contributed by atoms with Crippen molar-refractivity contribution < 1.29 is 32.9 Å². The molecule has 3 aliphatic rings. The first-order valence-corrected chi connectivity index (χ1v) is 11.9. The number of halogens is 1. The number of cyclic esters (lactones) is 1. The van der Waals surface area contributed by atoms with Crippen LogP contribution in [0.2, 0.25) is 0 Å². The maximum Gasteiger partial charge on any atom is 0.417 e. The average Bonchev–Trinajstić information content (AvgIpc) is 3.30. The minimum absolute atomic E-state index is 0.0815. The van der Waals surface area contributed by atoms with Gasteiger partial charge in [-0.25, -0.2) is 19.1 Å². The molecule has 0 unspecified atom stereocenters. The predicted octanol–water partition coefficient (Wildman–Crippen LogP) is 5.46. The average molecular weight is 495 g/mol. The van der Waals surface area contributed by atoms with Crippen molar-refractivity contribution in [2.45, 2.75) is 38.4 Å². The molecule has 188 valence electrons. The second-order valence-corrected chi connectivity index (χ2v) is 8.60. The van der Waals surface area contributed by atoms with Gasteiger partial charge in [0.25, 0.3) is 0 Å². The van der Waals surface area contributed by atoms with Crippen molar-refractivity contribution >= 4 is 17.0 Å². The van der Waals surface area contributed by atoms with Gasteiger partial charge in [0.15, 0.2) is 12.0 Å². The Morgan fingerprint density at radius 1 is 1.22 bits per heavy atom. The van der Waals surface area contributed by atoms with Crippen molar-refractivity contribution in [1.82, 2.24) is 9.88 Å². The number of rotatable bonds is 9. The Labute approximate surface area is 208 Å². The summed E-state index contributed by atoms with van der Waals surface area (Å²) in [6.07, 6.45) is 11.2. The van der Waals surface area contributed by atoms with Crippen LogP contribution in [0.25, 0.3) is 10.9 Å². The van der Waals surface area contributed by atoms with Gasteiger partial charge in [-0.15, -0.1) is 0 Å². The van der Waals surface area contributed by atoms with Gasteiger partial charge in [0.2, 0.25) is 11.8 Å². The van der Waals surface area contributed by atoms with E-state index in [2.05, 4.69) is 11.1 Å². The van der Waals surface area contributed by atoms with Crippen LogP contribution in [0, 0.1) is 5.82 Å². The summed E-state index contributed by atoms with van der Waals surface area (Å²) in [6, 6.07) is 6.66. The van der Waals surface area contributed by atoms with Crippen molar-refractivity contribution in [2.24, 2.45) is 0 Å². The zero-order valence-electron chi connectivity index (χ0n) is 19.9. The standard InChI is InChI=1S/C27H27FN2O6/c1-32-24-12-10-19-9-11-22(28)21(26(19)29-24)15-33-13-5-8-20-14-30(27(31)35-20)25-17-34-16-23(36-25)18-6-3-2-4-7-18/h2-3,6,9-12,16-17,20H,4-5,7-8,13-15H2,1H3/t20-/m0/s1. The first kappa shape index (κ1) is 23.9. The van der Waals surface area contributed by atoms with Crippen LogP contribution < -0.4 is 4.74 Å². The van der Waals surface area contributed by atoms with E-state index in [9.17, 15) is 9.18 Å². The quantitative estimate of drug-likeness (QED) is 0.428. The molecule has 2 aliphatic heterocycles. The fourth-order valence-corrected chi connectivity index (χ4v) is 4.28. The number of ether oxygens (including phenoxy) is 5. The van der Waals surface area contributed by atoms with Gasteiger partial charge in [-0.3, -0.25) is 0 Å². The summed E-state index contributed by atoms with van der Waals surface area (Å²) < 4.78 is 42.2. The summed E-state index contributed by atoms with van der Waals surface area (Å²) in [5.41, 5.74) is 1.92. The van der Waals surface area contributed by atoms with E-state index in [1.165, 1.54) is 30.6 Å². The number of carbonyl (C=O) groups is 1. The monoisotopic (exact) mass is 494 g/mol. The van der Waals surface area contributed by atoms with E-state index in [0.29, 0.717) is 54.6 Å². The fourth-order valence-electron chi connectivity index (χ4n) is 4.28. The third kappa shape index (κ3) is 5.21. The van der Waals surface area contributed by atoms with Crippen molar-refractivity contribution in [2.75, 3.05) is 20.3 Å². The zero-order valence-corrected chi connectivity index (χ0v) is 19.9. The van der Waals surface area contributed by atoms with Gasteiger partial charge < -0.3 is 23.7 Å². The second kappa shape index (κ2) is 10.8. The number of pyridine rings is 1. The smallest absolute Gasteiger partial charge is 0.417 e. The molecule has 0 spiro atoms. The summed E-state index contributed by atoms with van der Waals surface area (Å²) >= 11 is 0. The van der Waals surface area contributed by atoms with E-state index in [0.717, 1.165) is 23.8 Å². The topological polar surface area (TPSA) is 79.4 Å². The minimum atomic E-state index is -0.479. The van der Waals surface area contributed by atoms with Gasteiger partial charge in [-0.05, 0) is 49.5 Å². The number of carbonyl (C=O) groups excluding carboxylic acids is 1. The molecule has 0 bridgehead atoms. The molecular formula is C27H27FN2O6. The van der Waals surface area contributed by atoms with Crippen LogP contribution in [0.15, 0.2) is 72.2 Å². The summed E-state index contributed by atoms with van der Waals surface area (Å²) in [5, 5.41) is 0.811. The number of amides is 1. The van der Waals surface area contributed by atoms with Crippen LogP contribution in [0.1, 0.15) is 31.2 Å². The Morgan fingerprint density at radius 3 is 2.94 bits per heavy atom. The molecule has 36 heavy (non-hydrogen) atoms. The van der Waals surface area contributed by atoms with E-state index in [1.807, 2.05) is 18.2 Å². The lowest BCUT2D eigenvalue weighted by Gasteiger charge is -2.23. The lowest BCUT2D eigenvalue weighted by atomic mass is 10.0. The summed E-state index contributed by atoms with van der Waals surface area (Å²) in [6.45, 7) is 0.810. The summed E-state index contributed by atoms with van der Waals surface area (Å²) in [5.74, 6) is 0.940. The van der Waals surface area contributed by atoms with Crippen molar-refractivity contribution in [1.29, 1.82) is 0 Å². The Morgan fingerprint density at radius 2 is 2.11 bits per heavy atom. The zero-order chi connectivity index (χ0) is 24.9. The molecule has 1 saturated heterocycles. The maximum atomic E-state index is 14.5. The molecule has 5 rings (SSSR count). The van der Waals surface area contributed by atoms with Crippen LogP contribution in [0.3, 0.4) is 0 Å². The lowest BCUT2D eigenvalue weighted by Crippen LogP contribution is -2.27. The normalized spacial score (nSPS) is 19.3. The fraction of sp³-hybridized carbons (Fsp3) is 0.333. The lowest BCUT2D eigenvalue weighted by molar-refractivity contribution is 0.0949. The second-order valence-electron chi connectivity index (χ2n) is 8.60. The number of hydrogen-bond donors (Lipinski definition) is 0. The molecule has 1 fully saturated rings. The number of fused-ring (bicyclic) bond motifs is 1. The first-order valence-electron chi connectivity index (χ1n) is 11.9.